The van der Waals surface area contributed by atoms with E-state index in [0.717, 1.165) is 59.7 Å². The second-order valence-corrected chi connectivity index (χ2v) is 11.1. The minimum atomic E-state index is -4.67. The van der Waals surface area contributed by atoms with Crippen molar-refractivity contribution in [2.45, 2.75) is 64.3 Å². The van der Waals surface area contributed by atoms with Crippen LogP contribution < -0.4 is 9.62 Å². The number of anilines is 2. The van der Waals surface area contributed by atoms with Gasteiger partial charge in [0.25, 0.3) is 0 Å². The molecule has 1 aromatic carbocycles. The molecule has 34 heavy (non-hydrogen) atoms. The molecule has 0 spiro atoms. The molecule has 3 aliphatic rings. The van der Waals surface area contributed by atoms with Gasteiger partial charge in [0.15, 0.2) is 0 Å². The number of carbonyl (C=O) groups is 1. The Bertz CT molecular complexity index is 1160. The summed E-state index contributed by atoms with van der Waals surface area (Å²) in [6, 6.07) is 2.31. The maximum Gasteiger partial charge on any atom is 0.326 e. The molecule has 0 saturated carbocycles. The molecule has 0 unspecified atom stereocenters. The van der Waals surface area contributed by atoms with Crippen molar-refractivity contribution in [1.82, 2.24) is 9.04 Å². The summed E-state index contributed by atoms with van der Waals surface area (Å²) in [5, 5.41) is 15.9. The van der Waals surface area contributed by atoms with Gasteiger partial charge in [-0.15, -0.1) is 0 Å². The molecule has 1 fully saturated rings. The molecule has 0 atom stereocenters. The SMILES string of the molecule is Cc1cc(N(C2CCOCC2)S(=O)(=O)N([O-])C(=O)Nc2c3c(cc4c2CCC4)CCC3)cn1C. The van der Waals surface area contributed by atoms with E-state index in [1.807, 2.05) is 14.0 Å². The topological polar surface area (TPSA) is 107 Å². The van der Waals surface area contributed by atoms with Crippen molar-refractivity contribution in [3.05, 3.63) is 51.5 Å². The molecule has 2 heterocycles. The smallest absolute Gasteiger partial charge is 0.326 e. The first kappa shape index (κ1) is 23.2. The van der Waals surface area contributed by atoms with Crippen LogP contribution in [0.25, 0.3) is 0 Å². The van der Waals surface area contributed by atoms with Crippen LogP contribution in [-0.2, 0) is 47.7 Å². The van der Waals surface area contributed by atoms with E-state index in [0.29, 0.717) is 37.4 Å². The van der Waals surface area contributed by atoms with Crippen molar-refractivity contribution in [3.8, 4) is 0 Å². The molecule has 1 saturated heterocycles. The molecule has 1 aliphatic heterocycles. The molecule has 9 nitrogen and oxygen atoms in total. The van der Waals surface area contributed by atoms with Gasteiger partial charge in [0, 0.05) is 37.8 Å². The fourth-order valence-electron chi connectivity index (χ4n) is 5.53. The van der Waals surface area contributed by atoms with E-state index in [1.165, 1.54) is 11.1 Å². The Labute approximate surface area is 200 Å². The Morgan fingerprint density at radius 1 is 1.09 bits per heavy atom. The van der Waals surface area contributed by atoms with E-state index in [4.69, 9.17) is 4.74 Å². The lowest BCUT2D eigenvalue weighted by molar-refractivity contribution is 0.0874. The maximum absolute atomic E-state index is 13.6. The van der Waals surface area contributed by atoms with Gasteiger partial charge in [-0.3, -0.25) is 4.47 Å². The first-order valence-electron chi connectivity index (χ1n) is 12.0. The Balaban J connectivity index is 1.47. The molecular formula is C24H31N4O5S-. The van der Waals surface area contributed by atoms with Crippen molar-refractivity contribution in [2.75, 3.05) is 22.8 Å². The van der Waals surface area contributed by atoms with Gasteiger partial charge in [0.05, 0.1) is 11.7 Å². The van der Waals surface area contributed by atoms with Crippen molar-refractivity contribution in [2.24, 2.45) is 7.05 Å². The number of aryl methyl sites for hydroxylation is 4. The number of benzene rings is 1. The number of carbonyl (C=O) groups excluding carboxylic acids is 1. The highest BCUT2D eigenvalue weighted by Gasteiger charge is 2.36. The zero-order valence-electron chi connectivity index (χ0n) is 19.7. The Hall–Kier alpha value is -2.56. The molecule has 0 radical (unpaired) electrons. The standard InChI is InChI=1S/C24H31N4O5S/c1-16-13-20(15-26(16)2)27(19-9-11-33-12-10-19)34(31,32)28(30)24(29)25-23-21-7-3-5-17(21)14-18-6-4-8-22(18)23/h13-15,19H,3-12H2,1-2H3,(H,25,29)/q-1. The van der Waals surface area contributed by atoms with Crippen LogP contribution in [0.2, 0.25) is 0 Å². The summed E-state index contributed by atoms with van der Waals surface area (Å²) in [5.41, 5.74) is 6.34. The zero-order valence-corrected chi connectivity index (χ0v) is 20.5. The average molecular weight is 488 g/mol. The Kier molecular flexibility index (Phi) is 6.07. The lowest BCUT2D eigenvalue weighted by Gasteiger charge is -2.39. The monoisotopic (exact) mass is 487 g/mol. The Morgan fingerprint density at radius 2 is 1.71 bits per heavy atom. The van der Waals surface area contributed by atoms with Gasteiger partial charge < -0.3 is 19.8 Å². The van der Waals surface area contributed by atoms with E-state index < -0.39 is 22.3 Å². The van der Waals surface area contributed by atoms with Crippen LogP contribution >= 0.6 is 0 Å². The van der Waals surface area contributed by atoms with Crippen LogP contribution in [0, 0.1) is 12.1 Å². The predicted molar refractivity (Wildman–Crippen MR) is 130 cm³/mol. The molecule has 1 aromatic heterocycles. The molecule has 5 rings (SSSR count). The third kappa shape index (κ3) is 3.97. The minimum Gasteiger partial charge on any atom is -0.740 e. The number of aromatic nitrogens is 1. The first-order valence-corrected chi connectivity index (χ1v) is 13.4. The highest BCUT2D eigenvalue weighted by molar-refractivity contribution is 7.91. The number of nitrogens with one attached hydrogen (secondary N) is 1. The van der Waals surface area contributed by atoms with Crippen LogP contribution in [0.5, 0.6) is 0 Å². The van der Waals surface area contributed by atoms with E-state index in [1.54, 1.807) is 16.8 Å². The van der Waals surface area contributed by atoms with E-state index in [2.05, 4.69) is 11.4 Å². The molecule has 2 aliphatic carbocycles. The van der Waals surface area contributed by atoms with Gasteiger partial charge in [-0.25, -0.2) is 9.10 Å². The number of urea groups is 1. The second-order valence-electron chi connectivity index (χ2n) is 9.49. The number of hydrogen-bond acceptors (Lipinski definition) is 5. The third-order valence-electron chi connectivity index (χ3n) is 7.34. The molecule has 0 bridgehead atoms. The zero-order chi connectivity index (χ0) is 24.0. The lowest BCUT2D eigenvalue weighted by atomic mass is 9.99. The van der Waals surface area contributed by atoms with Crippen molar-refractivity contribution < 1.29 is 17.9 Å². The number of amides is 2. The molecule has 1 N–H and O–H groups in total. The fourth-order valence-corrected chi connectivity index (χ4v) is 6.90. The molecule has 184 valence electrons. The van der Waals surface area contributed by atoms with Gasteiger partial charge in [-0.1, -0.05) is 6.07 Å². The normalized spacial score (nSPS) is 18.0. The average Bonchev–Trinajstić information content (AvgIpc) is 3.54. The summed E-state index contributed by atoms with van der Waals surface area (Å²) in [6.07, 6.45) is 8.07. The lowest BCUT2D eigenvalue weighted by Crippen LogP contribution is -2.51. The van der Waals surface area contributed by atoms with Gasteiger partial charge in [0.1, 0.15) is 0 Å². The van der Waals surface area contributed by atoms with Gasteiger partial charge >= 0.3 is 16.2 Å². The number of hydroxylamine groups is 1. The van der Waals surface area contributed by atoms with Crippen LogP contribution in [0.4, 0.5) is 16.2 Å². The van der Waals surface area contributed by atoms with Crippen molar-refractivity contribution >= 4 is 27.6 Å². The summed E-state index contributed by atoms with van der Waals surface area (Å²) in [4.78, 5) is 13.1. The summed E-state index contributed by atoms with van der Waals surface area (Å²) in [7, 11) is -2.86. The van der Waals surface area contributed by atoms with Crippen LogP contribution in [-0.4, -0.2) is 42.7 Å². The number of fused-ring (bicyclic) bond motifs is 2. The maximum atomic E-state index is 13.6. The summed E-state index contributed by atoms with van der Waals surface area (Å²) in [6.45, 7) is 2.65. The van der Waals surface area contributed by atoms with Crippen LogP contribution in [0.15, 0.2) is 18.3 Å². The molecule has 2 aromatic rings. The van der Waals surface area contributed by atoms with Crippen molar-refractivity contribution in [3.63, 3.8) is 0 Å². The molecular weight excluding hydrogens is 456 g/mol. The van der Waals surface area contributed by atoms with Crippen LogP contribution in [0.3, 0.4) is 0 Å². The van der Waals surface area contributed by atoms with Crippen molar-refractivity contribution in [1.29, 1.82) is 0 Å². The number of hydrogen-bond donors (Lipinski definition) is 1. The number of ether oxygens (including phenoxy) is 1. The third-order valence-corrected chi connectivity index (χ3v) is 8.94. The second kappa shape index (κ2) is 8.90. The fraction of sp³-hybridized carbons (Fsp3) is 0.542. The molecule has 2 amide bonds. The van der Waals surface area contributed by atoms with Crippen LogP contribution in [0.1, 0.15) is 53.6 Å². The van der Waals surface area contributed by atoms with Gasteiger partial charge in [-0.2, -0.15) is 8.42 Å². The quantitative estimate of drug-likeness (QED) is 0.649. The van der Waals surface area contributed by atoms with E-state index >= 15 is 0 Å². The first-order chi connectivity index (χ1) is 16.3. The molecule has 10 heteroatoms. The largest absolute Gasteiger partial charge is 0.740 e. The highest BCUT2D eigenvalue weighted by Crippen LogP contribution is 2.39. The van der Waals surface area contributed by atoms with Gasteiger partial charge in [0.2, 0.25) is 0 Å². The number of nitrogens with zero attached hydrogens (tertiary/aromatic N) is 3. The Morgan fingerprint density at radius 3 is 2.26 bits per heavy atom. The minimum absolute atomic E-state index is 0.375. The van der Waals surface area contributed by atoms with E-state index in [9.17, 15) is 18.4 Å². The summed E-state index contributed by atoms with van der Waals surface area (Å²) in [5.74, 6) is 0. The summed E-state index contributed by atoms with van der Waals surface area (Å²) >= 11 is 0. The summed E-state index contributed by atoms with van der Waals surface area (Å²) < 4.78 is 35.1. The number of rotatable bonds is 5. The predicted octanol–water partition coefficient (Wildman–Crippen LogP) is 3.57. The van der Waals surface area contributed by atoms with E-state index in [-0.39, 0.29) is 4.47 Å². The highest BCUT2D eigenvalue weighted by atomic mass is 32.2. The van der Waals surface area contributed by atoms with Gasteiger partial charge in [-0.05, 0) is 86.6 Å².